The van der Waals surface area contributed by atoms with Crippen LogP contribution in [0.2, 0.25) is 0 Å². The fraction of sp³-hybridized carbons (Fsp3) is 0.690. The molecule has 2 aromatic carbocycles. The Kier molecular flexibility index (Phi) is 28.8. The van der Waals surface area contributed by atoms with Crippen molar-refractivity contribution < 1.29 is 19.4 Å². The average molecular weight is 881 g/mol. The smallest absolute Gasteiger partial charge is 0.280 e. The van der Waals surface area contributed by atoms with Crippen LogP contribution in [0.25, 0.3) is 11.3 Å². The maximum Gasteiger partial charge on any atom is 0.280 e. The van der Waals surface area contributed by atoms with Crippen molar-refractivity contribution in [3.05, 3.63) is 65.2 Å². The van der Waals surface area contributed by atoms with E-state index in [0.717, 1.165) is 35.5 Å². The Bertz CT molecular complexity index is 1640. The summed E-state index contributed by atoms with van der Waals surface area (Å²) in [5.41, 5.74) is 3.52. The molecule has 1 aromatic heterocycles. The van der Waals surface area contributed by atoms with Crippen LogP contribution in [0.1, 0.15) is 266 Å². The lowest BCUT2D eigenvalue weighted by atomic mass is 10.00. The van der Waals surface area contributed by atoms with Gasteiger partial charge in [0.1, 0.15) is 11.5 Å². The molecule has 64 heavy (non-hydrogen) atoms. The number of nitrogens with one attached hydrogen (secondary N) is 1. The van der Waals surface area contributed by atoms with Gasteiger partial charge in [-0.05, 0) is 66.9 Å². The van der Waals surface area contributed by atoms with Crippen molar-refractivity contribution >= 4 is 11.6 Å². The quantitative estimate of drug-likeness (QED) is 0.0555. The van der Waals surface area contributed by atoms with Crippen LogP contribution in [0.15, 0.2) is 53.5 Å². The first-order valence-electron chi connectivity index (χ1n) is 27.2. The number of carbonyl (C=O) groups excluding carboxylic acids is 1. The van der Waals surface area contributed by atoms with E-state index in [9.17, 15) is 9.90 Å². The van der Waals surface area contributed by atoms with Gasteiger partial charge >= 0.3 is 0 Å². The molecule has 0 bridgehead atoms. The SMILES string of the molecule is CCCCCCCCCCCCCCCCCCCCOc1ccc(C2=NC(=O)c3c(-c4ccc(OCCCCCCCCCCCCCCCCCCCC)cc4)[nH]c(O)c32)cc1. The number of hydrogen-bond donors (Lipinski definition) is 2. The number of aliphatic imine (C=N–C) groups is 1. The van der Waals surface area contributed by atoms with Gasteiger partial charge < -0.3 is 19.6 Å². The molecule has 0 saturated carbocycles. The van der Waals surface area contributed by atoms with Crippen molar-refractivity contribution in [1.82, 2.24) is 4.98 Å². The highest BCUT2D eigenvalue weighted by Gasteiger charge is 2.33. The van der Waals surface area contributed by atoms with Crippen LogP contribution < -0.4 is 9.47 Å². The van der Waals surface area contributed by atoms with Gasteiger partial charge in [-0.3, -0.25) is 4.79 Å². The molecule has 1 aliphatic rings. The Morgan fingerprint density at radius 2 is 0.703 bits per heavy atom. The van der Waals surface area contributed by atoms with E-state index in [1.807, 2.05) is 48.5 Å². The number of aromatic hydroxyl groups is 1. The summed E-state index contributed by atoms with van der Waals surface area (Å²) in [6.07, 6.45) is 49.2. The maximum atomic E-state index is 13.2. The third-order valence-electron chi connectivity index (χ3n) is 13.4. The zero-order chi connectivity index (χ0) is 45.1. The largest absolute Gasteiger partial charge is 0.494 e. The summed E-state index contributed by atoms with van der Waals surface area (Å²) in [6.45, 7) is 5.99. The molecule has 0 radical (unpaired) electrons. The number of H-pyrrole nitrogens is 1. The molecule has 0 atom stereocenters. The molecule has 6 heteroatoms. The molecule has 358 valence electrons. The molecule has 0 fully saturated rings. The average Bonchev–Trinajstić information content (AvgIpc) is 3.85. The van der Waals surface area contributed by atoms with Crippen LogP contribution in [0.3, 0.4) is 0 Å². The van der Waals surface area contributed by atoms with Crippen molar-refractivity contribution in [3.8, 4) is 28.6 Å². The van der Waals surface area contributed by atoms with Gasteiger partial charge in [-0.15, -0.1) is 0 Å². The highest BCUT2D eigenvalue weighted by atomic mass is 16.5. The molecule has 1 aliphatic heterocycles. The van der Waals surface area contributed by atoms with E-state index in [2.05, 4.69) is 23.8 Å². The normalized spacial score (nSPS) is 12.3. The number of rotatable bonds is 42. The van der Waals surface area contributed by atoms with Crippen molar-refractivity contribution in [1.29, 1.82) is 0 Å². The Morgan fingerprint density at radius 3 is 1.03 bits per heavy atom. The van der Waals surface area contributed by atoms with Crippen LogP contribution in [-0.4, -0.2) is 34.9 Å². The summed E-state index contributed by atoms with van der Waals surface area (Å²) in [5.74, 6) is 1.23. The van der Waals surface area contributed by atoms with Crippen molar-refractivity contribution in [2.75, 3.05) is 13.2 Å². The number of fused-ring (bicyclic) bond motifs is 1. The molecule has 4 rings (SSSR count). The minimum Gasteiger partial charge on any atom is -0.494 e. The fourth-order valence-electron chi connectivity index (χ4n) is 9.38. The van der Waals surface area contributed by atoms with Gasteiger partial charge in [0, 0.05) is 5.56 Å². The van der Waals surface area contributed by atoms with Crippen LogP contribution in [0, 0.1) is 0 Å². The van der Waals surface area contributed by atoms with Gasteiger partial charge in [0.2, 0.25) is 0 Å². The van der Waals surface area contributed by atoms with Gasteiger partial charge in [-0.25, -0.2) is 4.99 Å². The molecule has 6 nitrogen and oxygen atoms in total. The predicted octanol–water partition coefficient (Wildman–Crippen LogP) is 18.2. The number of nitrogens with zero attached hydrogens (tertiary/aromatic N) is 1. The third-order valence-corrected chi connectivity index (χ3v) is 13.4. The van der Waals surface area contributed by atoms with E-state index in [1.54, 1.807) is 0 Å². The zero-order valence-electron chi connectivity index (χ0n) is 41.1. The van der Waals surface area contributed by atoms with Gasteiger partial charge in [0.25, 0.3) is 5.91 Å². The number of unbranched alkanes of at least 4 members (excludes halogenated alkanes) is 34. The summed E-state index contributed by atoms with van der Waals surface area (Å²) in [5, 5.41) is 11.0. The zero-order valence-corrected chi connectivity index (χ0v) is 41.1. The van der Waals surface area contributed by atoms with Crippen LogP contribution in [0.5, 0.6) is 17.4 Å². The molecule has 0 spiro atoms. The number of aromatic amines is 1. The molecular formula is C58H92N2O4. The third kappa shape index (κ3) is 21.6. The Morgan fingerprint density at radius 1 is 0.406 bits per heavy atom. The summed E-state index contributed by atoms with van der Waals surface area (Å²) in [6, 6.07) is 15.5. The minimum atomic E-state index is -0.347. The lowest BCUT2D eigenvalue weighted by molar-refractivity contribution is 0.101. The number of aromatic nitrogens is 1. The molecule has 2 N–H and O–H groups in total. The van der Waals surface area contributed by atoms with Gasteiger partial charge in [0.05, 0.1) is 35.7 Å². The van der Waals surface area contributed by atoms with Gasteiger partial charge in [-0.1, -0.05) is 232 Å². The summed E-state index contributed by atoms with van der Waals surface area (Å²) in [7, 11) is 0. The van der Waals surface area contributed by atoms with E-state index < -0.39 is 0 Å². The van der Waals surface area contributed by atoms with Crippen LogP contribution >= 0.6 is 0 Å². The van der Waals surface area contributed by atoms with Crippen molar-refractivity contribution in [2.24, 2.45) is 4.99 Å². The Balaban J connectivity index is 1.01. The lowest BCUT2D eigenvalue weighted by Gasteiger charge is -2.08. The molecule has 0 aliphatic carbocycles. The van der Waals surface area contributed by atoms with Gasteiger partial charge in [-0.2, -0.15) is 0 Å². The first-order valence-corrected chi connectivity index (χ1v) is 27.2. The number of benzene rings is 2. The fourth-order valence-corrected chi connectivity index (χ4v) is 9.38. The lowest BCUT2D eigenvalue weighted by Crippen LogP contribution is -2.01. The second kappa shape index (κ2) is 34.8. The number of hydrogen-bond acceptors (Lipinski definition) is 4. The topological polar surface area (TPSA) is 83.9 Å². The van der Waals surface area contributed by atoms with Crippen LogP contribution in [-0.2, 0) is 0 Å². The molecule has 1 amide bonds. The highest BCUT2D eigenvalue weighted by Crippen LogP contribution is 2.38. The first-order chi connectivity index (χ1) is 31.6. The first kappa shape index (κ1) is 53.1. The molecule has 0 unspecified atom stereocenters. The number of amides is 1. The predicted molar refractivity (Wildman–Crippen MR) is 273 cm³/mol. The van der Waals surface area contributed by atoms with Crippen molar-refractivity contribution in [2.45, 2.75) is 245 Å². The highest BCUT2D eigenvalue weighted by molar-refractivity contribution is 6.30. The Hall–Kier alpha value is -3.54. The minimum absolute atomic E-state index is 0.0431. The maximum absolute atomic E-state index is 13.2. The molecular weight excluding hydrogens is 789 g/mol. The molecule has 2 heterocycles. The van der Waals surface area contributed by atoms with Crippen LogP contribution in [0.4, 0.5) is 0 Å². The van der Waals surface area contributed by atoms with Crippen molar-refractivity contribution in [3.63, 3.8) is 0 Å². The standard InChI is InChI=1S/C58H92N2O4/c1-3-5-7-9-11-13-15-17-19-21-23-25-27-29-31-33-35-37-47-63-51-43-39-49(40-44-51)55-53-54(58(62)59-55)56(60-57(53)61)50-41-45-52(46-42-50)64-48-38-36-34-32-30-28-26-24-22-20-18-16-14-12-10-8-6-4-2/h39-46,59,62H,3-38,47-48H2,1-2H3. The van der Waals surface area contributed by atoms with Gasteiger partial charge in [0.15, 0.2) is 5.88 Å². The number of ether oxygens (including phenoxy) is 2. The van der Waals surface area contributed by atoms with E-state index in [1.165, 1.54) is 218 Å². The second-order valence-corrected chi connectivity index (χ2v) is 19.1. The summed E-state index contributed by atoms with van der Waals surface area (Å²) in [4.78, 5) is 20.7. The van der Waals surface area contributed by atoms with E-state index in [0.29, 0.717) is 35.7 Å². The molecule has 0 saturated heterocycles. The van der Waals surface area contributed by atoms with E-state index in [-0.39, 0.29) is 11.8 Å². The summed E-state index contributed by atoms with van der Waals surface area (Å²) >= 11 is 0. The summed E-state index contributed by atoms with van der Waals surface area (Å²) < 4.78 is 12.1. The second-order valence-electron chi connectivity index (χ2n) is 19.1. The number of carbonyl (C=O) groups is 1. The van der Waals surface area contributed by atoms with E-state index in [4.69, 9.17) is 9.47 Å². The Labute approximate surface area is 391 Å². The molecule has 3 aromatic rings. The monoisotopic (exact) mass is 881 g/mol. The van der Waals surface area contributed by atoms with E-state index >= 15 is 0 Å².